The van der Waals surface area contributed by atoms with Gasteiger partial charge in [0.2, 0.25) is 5.91 Å². The molecule has 4 nitrogen and oxygen atoms in total. The van der Waals surface area contributed by atoms with Crippen molar-refractivity contribution in [2.45, 2.75) is 24.1 Å². The van der Waals surface area contributed by atoms with Crippen molar-refractivity contribution >= 4 is 27.8 Å². The van der Waals surface area contributed by atoms with Gasteiger partial charge in [0.05, 0.1) is 7.11 Å². The molecule has 0 aliphatic heterocycles. The molecule has 1 atom stereocenters. The first-order valence-electron chi connectivity index (χ1n) is 4.64. The van der Waals surface area contributed by atoms with Crippen molar-refractivity contribution in [1.82, 2.24) is 5.32 Å². The lowest BCUT2D eigenvalue weighted by Crippen LogP contribution is -2.39. The normalized spacial score (nSPS) is 18.1. The van der Waals surface area contributed by atoms with E-state index < -0.39 is 4.83 Å². The van der Waals surface area contributed by atoms with E-state index in [-0.39, 0.29) is 17.8 Å². The van der Waals surface area contributed by atoms with Crippen LogP contribution in [0.5, 0.6) is 0 Å². The number of carbonyl (C=O) groups is 2. The molecule has 1 aliphatic rings. The minimum absolute atomic E-state index is 0.0459. The van der Waals surface area contributed by atoms with E-state index in [1.165, 1.54) is 7.11 Å². The average molecular weight is 264 g/mol. The van der Waals surface area contributed by atoms with Gasteiger partial charge in [-0.2, -0.15) is 0 Å². The van der Waals surface area contributed by atoms with Crippen molar-refractivity contribution in [3.63, 3.8) is 0 Å². The van der Waals surface area contributed by atoms with Crippen LogP contribution in [0.2, 0.25) is 0 Å². The third-order valence-electron chi connectivity index (χ3n) is 2.39. The molecule has 0 heterocycles. The van der Waals surface area contributed by atoms with Crippen LogP contribution < -0.4 is 5.32 Å². The van der Waals surface area contributed by atoms with Gasteiger partial charge in [0, 0.05) is 12.5 Å². The van der Waals surface area contributed by atoms with Gasteiger partial charge < -0.3 is 10.1 Å². The van der Waals surface area contributed by atoms with E-state index in [0.29, 0.717) is 6.54 Å². The molecule has 0 radical (unpaired) electrons. The van der Waals surface area contributed by atoms with Gasteiger partial charge in [-0.3, -0.25) is 9.59 Å². The monoisotopic (exact) mass is 263 g/mol. The average Bonchev–Trinajstić information content (AvgIpc) is 2.10. The van der Waals surface area contributed by atoms with E-state index in [0.717, 1.165) is 19.3 Å². The second-order valence-electron chi connectivity index (χ2n) is 3.36. The maximum Gasteiger partial charge on any atom is 0.321 e. The van der Waals surface area contributed by atoms with Crippen molar-refractivity contribution in [1.29, 1.82) is 0 Å². The third-order valence-corrected chi connectivity index (χ3v) is 3.09. The van der Waals surface area contributed by atoms with Gasteiger partial charge in [-0.25, -0.2) is 0 Å². The Balaban J connectivity index is 2.18. The van der Waals surface area contributed by atoms with Gasteiger partial charge in [0.25, 0.3) is 0 Å². The molecule has 0 bridgehead atoms. The smallest absolute Gasteiger partial charge is 0.321 e. The van der Waals surface area contributed by atoms with Gasteiger partial charge >= 0.3 is 5.97 Å². The van der Waals surface area contributed by atoms with E-state index in [1.807, 2.05) is 0 Å². The van der Waals surface area contributed by atoms with E-state index in [1.54, 1.807) is 0 Å². The predicted molar refractivity (Wildman–Crippen MR) is 55.1 cm³/mol. The van der Waals surface area contributed by atoms with Crippen LogP contribution in [-0.2, 0) is 14.3 Å². The minimum Gasteiger partial charge on any atom is -0.468 e. The summed E-state index contributed by atoms with van der Waals surface area (Å²) in [5, 5.41) is 2.71. The summed E-state index contributed by atoms with van der Waals surface area (Å²) in [6.45, 7) is 0.294. The molecule has 1 unspecified atom stereocenters. The van der Waals surface area contributed by atoms with Crippen LogP contribution in [-0.4, -0.2) is 30.4 Å². The van der Waals surface area contributed by atoms with E-state index in [2.05, 4.69) is 26.0 Å². The molecule has 0 saturated heterocycles. The highest BCUT2D eigenvalue weighted by molar-refractivity contribution is 9.10. The summed E-state index contributed by atoms with van der Waals surface area (Å²) in [7, 11) is 1.32. The number of hydrogen-bond donors (Lipinski definition) is 1. The zero-order valence-corrected chi connectivity index (χ0v) is 9.67. The van der Waals surface area contributed by atoms with Gasteiger partial charge in [0.15, 0.2) is 0 Å². The van der Waals surface area contributed by atoms with E-state index >= 15 is 0 Å². The lowest BCUT2D eigenvalue weighted by atomic mass is 9.85. The lowest BCUT2D eigenvalue weighted by Gasteiger charge is -2.24. The Morgan fingerprint density at radius 1 is 1.57 bits per heavy atom. The Morgan fingerprint density at radius 2 is 2.21 bits per heavy atom. The second-order valence-corrected chi connectivity index (χ2v) is 4.47. The van der Waals surface area contributed by atoms with E-state index in [4.69, 9.17) is 0 Å². The van der Waals surface area contributed by atoms with Crippen molar-refractivity contribution in [3.05, 3.63) is 0 Å². The number of amides is 1. The number of ether oxygens (including phenoxy) is 1. The molecule has 1 rings (SSSR count). The van der Waals surface area contributed by atoms with Crippen LogP contribution in [0, 0.1) is 5.92 Å². The quantitative estimate of drug-likeness (QED) is 0.604. The number of hydrogen-bond acceptors (Lipinski definition) is 3. The summed E-state index contributed by atoms with van der Waals surface area (Å²) in [6, 6.07) is 0. The lowest BCUT2D eigenvalue weighted by molar-refractivity contribution is -0.139. The van der Waals surface area contributed by atoms with Crippen LogP contribution in [0.1, 0.15) is 19.3 Å². The zero-order chi connectivity index (χ0) is 10.6. The Labute approximate surface area is 91.5 Å². The van der Waals surface area contributed by atoms with Crippen molar-refractivity contribution < 1.29 is 14.3 Å². The van der Waals surface area contributed by atoms with Crippen LogP contribution >= 0.6 is 15.9 Å². The molecule has 0 aromatic heterocycles. The first-order chi connectivity index (χ1) is 6.65. The zero-order valence-electron chi connectivity index (χ0n) is 8.09. The highest BCUT2D eigenvalue weighted by atomic mass is 79.9. The summed E-state index contributed by atoms with van der Waals surface area (Å²) >= 11 is 3.13. The Kier molecular flexibility index (Phi) is 4.38. The summed E-state index contributed by atoms with van der Waals surface area (Å²) < 4.78 is 4.51. The molecule has 1 N–H and O–H groups in total. The number of rotatable bonds is 4. The molecule has 1 amide bonds. The van der Waals surface area contributed by atoms with Crippen LogP contribution in [0.3, 0.4) is 0 Å². The molecule has 80 valence electrons. The summed E-state index contributed by atoms with van der Waals surface area (Å²) in [5.74, 6) is -0.157. The molecular formula is C9H14BrNO3. The largest absolute Gasteiger partial charge is 0.468 e. The highest BCUT2D eigenvalue weighted by Gasteiger charge is 2.26. The minimum atomic E-state index is -0.448. The topological polar surface area (TPSA) is 55.4 Å². The fraction of sp³-hybridized carbons (Fsp3) is 0.778. The molecule has 1 aliphatic carbocycles. The molecule has 0 aromatic rings. The second kappa shape index (κ2) is 5.34. The third kappa shape index (κ3) is 2.97. The molecular weight excluding hydrogens is 250 g/mol. The first-order valence-corrected chi connectivity index (χ1v) is 5.56. The Bertz CT molecular complexity index is 228. The number of alkyl halides is 1. The molecule has 5 heteroatoms. The fourth-order valence-corrected chi connectivity index (χ4v) is 1.56. The Hall–Kier alpha value is -0.580. The van der Waals surface area contributed by atoms with Crippen molar-refractivity contribution in [2.75, 3.05) is 13.7 Å². The molecule has 1 fully saturated rings. The van der Waals surface area contributed by atoms with Gasteiger partial charge in [-0.15, -0.1) is 0 Å². The standard InChI is InChI=1S/C9H14BrNO3/c1-14-9(13)7(10)5-11-8(12)6-3-2-4-6/h6-7H,2-5H2,1H3,(H,11,12). The number of nitrogens with one attached hydrogen (secondary N) is 1. The fourth-order valence-electron chi connectivity index (χ4n) is 1.22. The number of carbonyl (C=O) groups excluding carboxylic acids is 2. The summed E-state index contributed by atoms with van der Waals surface area (Å²) in [6.07, 6.45) is 3.07. The molecule has 1 saturated carbocycles. The maximum absolute atomic E-state index is 11.4. The first kappa shape index (κ1) is 11.5. The number of halogens is 1. The summed E-state index contributed by atoms with van der Waals surface area (Å²) in [5.41, 5.74) is 0. The molecule has 0 spiro atoms. The van der Waals surface area contributed by atoms with Crippen molar-refractivity contribution in [2.24, 2.45) is 5.92 Å². The van der Waals surface area contributed by atoms with Crippen LogP contribution in [0.15, 0.2) is 0 Å². The Morgan fingerprint density at radius 3 is 2.64 bits per heavy atom. The molecule has 0 aromatic carbocycles. The number of esters is 1. The van der Waals surface area contributed by atoms with Crippen LogP contribution in [0.4, 0.5) is 0 Å². The number of methoxy groups -OCH3 is 1. The van der Waals surface area contributed by atoms with Gasteiger partial charge in [0.1, 0.15) is 4.83 Å². The predicted octanol–water partition coefficient (Wildman–Crippen LogP) is 0.839. The van der Waals surface area contributed by atoms with Crippen molar-refractivity contribution in [3.8, 4) is 0 Å². The highest BCUT2D eigenvalue weighted by Crippen LogP contribution is 2.26. The van der Waals surface area contributed by atoms with E-state index in [9.17, 15) is 9.59 Å². The summed E-state index contributed by atoms with van der Waals surface area (Å²) in [4.78, 5) is 21.9. The van der Waals surface area contributed by atoms with Gasteiger partial charge in [-0.05, 0) is 12.8 Å². The van der Waals surface area contributed by atoms with Crippen LogP contribution in [0.25, 0.3) is 0 Å². The maximum atomic E-state index is 11.4. The molecule has 14 heavy (non-hydrogen) atoms. The SMILES string of the molecule is COC(=O)C(Br)CNC(=O)C1CCC1. The van der Waals surface area contributed by atoms with Gasteiger partial charge in [-0.1, -0.05) is 22.4 Å².